The van der Waals surface area contributed by atoms with Gasteiger partial charge in [-0.15, -0.1) is 0 Å². The van der Waals surface area contributed by atoms with E-state index in [1.165, 1.54) is 32.1 Å². The first kappa shape index (κ1) is 16.3. The smallest absolute Gasteiger partial charge is 0.0716 e. The Kier molecular flexibility index (Phi) is 5.18. The lowest BCUT2D eigenvalue weighted by atomic mass is 9.55. The Hall–Kier alpha value is -0.0800. The van der Waals surface area contributed by atoms with Crippen LogP contribution in [0.4, 0.5) is 0 Å². The van der Waals surface area contributed by atoms with Crippen molar-refractivity contribution in [3.05, 3.63) is 0 Å². The first-order valence-corrected chi connectivity index (χ1v) is 8.89. The predicted molar refractivity (Wildman–Crippen MR) is 85.5 cm³/mol. The van der Waals surface area contributed by atoms with Crippen molar-refractivity contribution in [2.45, 2.75) is 84.2 Å². The van der Waals surface area contributed by atoms with Gasteiger partial charge in [0.1, 0.15) is 0 Å². The topological polar surface area (TPSA) is 46.2 Å². The lowest BCUT2D eigenvalue weighted by molar-refractivity contribution is -0.138. The minimum atomic E-state index is -0.485. The van der Waals surface area contributed by atoms with Crippen molar-refractivity contribution in [1.29, 1.82) is 0 Å². The average molecular weight is 281 g/mol. The van der Waals surface area contributed by atoms with Crippen LogP contribution in [0.25, 0.3) is 0 Å². The summed E-state index contributed by atoms with van der Waals surface area (Å²) in [6.45, 7) is 7.60. The van der Waals surface area contributed by atoms with E-state index in [1.54, 1.807) is 0 Å². The molecule has 0 aromatic carbocycles. The van der Waals surface area contributed by atoms with E-state index in [4.69, 9.17) is 5.73 Å². The fourth-order valence-electron chi connectivity index (χ4n) is 4.95. The Labute approximate surface area is 125 Å². The summed E-state index contributed by atoms with van der Waals surface area (Å²) in [7, 11) is 0. The largest absolute Gasteiger partial charge is 0.389 e. The van der Waals surface area contributed by atoms with Gasteiger partial charge in [-0.25, -0.2) is 0 Å². The third kappa shape index (κ3) is 2.92. The monoisotopic (exact) mass is 281 g/mol. The normalized spacial score (nSPS) is 42.9. The molecule has 0 aliphatic heterocycles. The highest BCUT2D eigenvalue weighted by molar-refractivity contribution is 5.04. The molecule has 0 heterocycles. The molecule has 0 saturated heterocycles. The molecular weight excluding hydrogens is 246 g/mol. The van der Waals surface area contributed by atoms with Crippen molar-refractivity contribution in [3.63, 3.8) is 0 Å². The van der Waals surface area contributed by atoms with Crippen LogP contribution in [0.5, 0.6) is 0 Å². The second-order valence-electron chi connectivity index (χ2n) is 7.97. The first-order valence-electron chi connectivity index (χ1n) is 8.89. The highest BCUT2D eigenvalue weighted by atomic mass is 16.3. The zero-order valence-corrected chi connectivity index (χ0v) is 13.8. The lowest BCUT2D eigenvalue weighted by Gasteiger charge is -2.54. The van der Waals surface area contributed by atoms with Gasteiger partial charge in [0.2, 0.25) is 0 Å². The van der Waals surface area contributed by atoms with Crippen molar-refractivity contribution < 1.29 is 5.11 Å². The van der Waals surface area contributed by atoms with E-state index < -0.39 is 5.60 Å². The van der Waals surface area contributed by atoms with Gasteiger partial charge in [-0.2, -0.15) is 0 Å². The van der Waals surface area contributed by atoms with E-state index in [0.717, 1.165) is 43.4 Å². The Morgan fingerprint density at radius 1 is 1.15 bits per heavy atom. The standard InChI is InChI=1S/C18H35NO/c1-4-15-6-5-9-17(12-15,13-19)18(20)10-7-16(8-11-18)14(2)3/h14-16,20H,4-13,19H2,1-3H3. The van der Waals surface area contributed by atoms with E-state index in [9.17, 15) is 5.11 Å². The summed E-state index contributed by atoms with van der Waals surface area (Å²) >= 11 is 0. The van der Waals surface area contributed by atoms with Crippen molar-refractivity contribution in [2.75, 3.05) is 6.54 Å². The molecule has 0 amide bonds. The summed E-state index contributed by atoms with van der Waals surface area (Å²) in [5, 5.41) is 11.4. The molecule has 118 valence electrons. The minimum Gasteiger partial charge on any atom is -0.389 e. The van der Waals surface area contributed by atoms with Crippen LogP contribution in [0.15, 0.2) is 0 Å². The maximum Gasteiger partial charge on any atom is 0.0716 e. The summed E-state index contributed by atoms with van der Waals surface area (Å²) in [6, 6.07) is 0. The van der Waals surface area contributed by atoms with Crippen LogP contribution >= 0.6 is 0 Å². The van der Waals surface area contributed by atoms with Crippen molar-refractivity contribution >= 4 is 0 Å². The number of rotatable bonds is 4. The molecule has 2 aliphatic carbocycles. The summed E-state index contributed by atoms with van der Waals surface area (Å²) in [5.41, 5.74) is 5.73. The quantitative estimate of drug-likeness (QED) is 0.814. The third-order valence-electron chi connectivity index (χ3n) is 6.70. The second kappa shape index (κ2) is 6.36. The molecule has 2 atom stereocenters. The van der Waals surface area contributed by atoms with Crippen molar-refractivity contribution in [2.24, 2.45) is 28.9 Å². The van der Waals surface area contributed by atoms with E-state index in [2.05, 4.69) is 20.8 Å². The Bertz CT molecular complexity index is 307. The van der Waals surface area contributed by atoms with Crippen LogP contribution in [0.3, 0.4) is 0 Å². The number of hydrogen-bond donors (Lipinski definition) is 2. The summed E-state index contributed by atoms with van der Waals surface area (Å²) in [4.78, 5) is 0. The zero-order chi connectivity index (χ0) is 14.8. The van der Waals surface area contributed by atoms with Gasteiger partial charge in [-0.3, -0.25) is 0 Å². The van der Waals surface area contributed by atoms with Gasteiger partial charge in [-0.1, -0.05) is 40.0 Å². The number of nitrogens with two attached hydrogens (primary N) is 1. The summed E-state index contributed by atoms with van der Waals surface area (Å²) < 4.78 is 0. The number of hydrogen-bond acceptors (Lipinski definition) is 2. The Balaban J connectivity index is 2.10. The van der Waals surface area contributed by atoms with E-state index in [1.807, 2.05) is 0 Å². The summed E-state index contributed by atoms with van der Waals surface area (Å²) in [6.07, 6.45) is 10.5. The maximum absolute atomic E-state index is 11.4. The van der Waals surface area contributed by atoms with Crippen LogP contribution in [0.1, 0.15) is 78.6 Å². The average Bonchev–Trinajstić information content (AvgIpc) is 2.47. The molecular formula is C18H35NO. The molecule has 2 nitrogen and oxygen atoms in total. The van der Waals surface area contributed by atoms with Gasteiger partial charge in [0.05, 0.1) is 5.60 Å². The molecule has 3 N–H and O–H groups in total. The first-order chi connectivity index (χ1) is 9.46. The number of aliphatic hydroxyl groups is 1. The zero-order valence-electron chi connectivity index (χ0n) is 13.8. The highest BCUT2D eigenvalue weighted by Crippen LogP contribution is 2.53. The Morgan fingerprint density at radius 3 is 2.30 bits per heavy atom. The van der Waals surface area contributed by atoms with Gasteiger partial charge in [0.15, 0.2) is 0 Å². The van der Waals surface area contributed by atoms with Gasteiger partial charge in [0.25, 0.3) is 0 Å². The molecule has 0 spiro atoms. The van der Waals surface area contributed by atoms with Crippen molar-refractivity contribution in [1.82, 2.24) is 0 Å². The van der Waals surface area contributed by atoms with Crippen LogP contribution in [-0.2, 0) is 0 Å². The van der Waals surface area contributed by atoms with Crippen molar-refractivity contribution in [3.8, 4) is 0 Å². The molecule has 2 unspecified atom stereocenters. The van der Waals surface area contributed by atoms with Gasteiger partial charge >= 0.3 is 0 Å². The fourth-order valence-corrected chi connectivity index (χ4v) is 4.95. The second-order valence-corrected chi connectivity index (χ2v) is 7.97. The molecule has 2 fully saturated rings. The highest BCUT2D eigenvalue weighted by Gasteiger charge is 2.52. The SMILES string of the molecule is CCC1CCCC(CN)(C2(O)CCC(C(C)C)CC2)C1. The lowest BCUT2D eigenvalue weighted by Crippen LogP contribution is -2.56. The molecule has 2 saturated carbocycles. The summed E-state index contributed by atoms with van der Waals surface area (Å²) in [5.74, 6) is 2.33. The van der Waals surface area contributed by atoms with E-state index in [0.29, 0.717) is 6.54 Å². The molecule has 0 aromatic heterocycles. The maximum atomic E-state index is 11.4. The molecule has 0 bridgehead atoms. The Morgan fingerprint density at radius 2 is 1.80 bits per heavy atom. The molecule has 0 radical (unpaired) electrons. The van der Waals surface area contributed by atoms with Crippen LogP contribution in [-0.4, -0.2) is 17.3 Å². The van der Waals surface area contributed by atoms with E-state index >= 15 is 0 Å². The minimum absolute atomic E-state index is 0.00781. The third-order valence-corrected chi connectivity index (χ3v) is 6.70. The fraction of sp³-hybridized carbons (Fsp3) is 1.00. The molecule has 20 heavy (non-hydrogen) atoms. The van der Waals surface area contributed by atoms with Gasteiger partial charge < -0.3 is 10.8 Å². The molecule has 2 rings (SSSR count). The van der Waals surface area contributed by atoms with Crippen LogP contribution in [0, 0.1) is 23.2 Å². The molecule has 0 aromatic rings. The molecule has 2 aliphatic rings. The predicted octanol–water partition coefficient (Wildman–Crippen LogP) is 4.11. The van der Waals surface area contributed by atoms with Crippen LogP contribution < -0.4 is 5.73 Å². The van der Waals surface area contributed by atoms with E-state index in [-0.39, 0.29) is 5.41 Å². The van der Waals surface area contributed by atoms with Gasteiger partial charge in [0, 0.05) is 12.0 Å². The van der Waals surface area contributed by atoms with Gasteiger partial charge in [-0.05, 0) is 56.3 Å². The molecule has 2 heteroatoms. The van der Waals surface area contributed by atoms with Crippen LogP contribution in [0.2, 0.25) is 0 Å².